The van der Waals surface area contributed by atoms with Crippen LogP contribution in [0.4, 0.5) is 0 Å². The Hall–Kier alpha value is -0.940. The molecule has 2 atom stereocenters. The van der Waals surface area contributed by atoms with Crippen molar-refractivity contribution >= 4 is 17.9 Å². The Kier molecular flexibility index (Phi) is 4.91. The predicted molar refractivity (Wildman–Crippen MR) is 82.5 cm³/mol. The number of rotatable bonds is 4. The molecule has 2 unspecified atom stereocenters. The lowest BCUT2D eigenvalue weighted by atomic mass is 9.99. The monoisotopic (exact) mass is 308 g/mol. The van der Waals surface area contributed by atoms with Crippen LogP contribution in [0.5, 0.6) is 0 Å². The first-order valence-electron chi connectivity index (χ1n) is 7.57. The Morgan fingerprint density at radius 3 is 2.67 bits per heavy atom. The molecule has 5 heteroatoms. The summed E-state index contributed by atoms with van der Waals surface area (Å²) in [4.78, 5) is 13.6. The molecule has 0 aromatic heterocycles. The average molecular weight is 309 g/mol. The molecule has 1 aromatic rings. The van der Waals surface area contributed by atoms with Crippen molar-refractivity contribution in [1.82, 2.24) is 10.2 Å². The van der Waals surface area contributed by atoms with Crippen molar-refractivity contribution in [2.24, 2.45) is 0 Å². The number of benzene rings is 1. The lowest BCUT2D eigenvalue weighted by Crippen LogP contribution is -2.50. The Balaban J connectivity index is 1.72. The van der Waals surface area contributed by atoms with Crippen LogP contribution in [0.2, 0.25) is 5.02 Å². The van der Waals surface area contributed by atoms with Gasteiger partial charge in [0.1, 0.15) is 0 Å². The summed E-state index contributed by atoms with van der Waals surface area (Å²) in [6.45, 7) is 2.65. The third-order valence-corrected chi connectivity index (χ3v) is 4.66. The maximum absolute atomic E-state index is 11.3. The number of piperidine rings is 1. The average Bonchev–Trinajstić information content (AvgIpc) is 2.93. The van der Waals surface area contributed by atoms with E-state index in [1.807, 2.05) is 12.1 Å². The van der Waals surface area contributed by atoms with Crippen molar-refractivity contribution in [3.63, 3.8) is 0 Å². The van der Waals surface area contributed by atoms with Crippen LogP contribution in [0.3, 0.4) is 0 Å². The van der Waals surface area contributed by atoms with Gasteiger partial charge < -0.3 is 10.1 Å². The van der Waals surface area contributed by atoms with Crippen molar-refractivity contribution in [2.45, 2.75) is 37.6 Å². The summed E-state index contributed by atoms with van der Waals surface area (Å²) in [5.41, 5.74) is 1.23. The number of hydrogen-bond donors (Lipinski definition) is 1. The van der Waals surface area contributed by atoms with Crippen LogP contribution in [-0.4, -0.2) is 49.2 Å². The third kappa shape index (κ3) is 3.46. The first-order chi connectivity index (χ1) is 10.3. The molecule has 114 valence electrons. The second-order valence-corrected chi connectivity index (χ2v) is 6.21. The topological polar surface area (TPSA) is 41.6 Å². The van der Waals surface area contributed by atoms with Gasteiger partial charge in [0, 0.05) is 17.1 Å². The molecule has 2 aliphatic heterocycles. The van der Waals surface area contributed by atoms with Gasteiger partial charge in [0.15, 0.2) is 12.5 Å². The maximum Gasteiger partial charge on any atom is 0.167 e. The molecule has 1 N–H and O–H groups in total. The van der Waals surface area contributed by atoms with E-state index in [4.69, 9.17) is 16.3 Å². The van der Waals surface area contributed by atoms with E-state index in [2.05, 4.69) is 22.3 Å². The number of nitrogens with one attached hydrogen (secondary N) is 1. The summed E-state index contributed by atoms with van der Waals surface area (Å²) >= 11 is 5.94. The summed E-state index contributed by atoms with van der Waals surface area (Å²) in [7, 11) is 0. The second kappa shape index (κ2) is 6.88. The maximum atomic E-state index is 11.3. The van der Waals surface area contributed by atoms with Gasteiger partial charge >= 0.3 is 0 Å². The fourth-order valence-corrected chi connectivity index (χ4v) is 3.49. The normalized spacial score (nSPS) is 27.9. The fourth-order valence-electron chi connectivity index (χ4n) is 3.37. The zero-order chi connectivity index (χ0) is 14.7. The van der Waals surface area contributed by atoms with E-state index >= 15 is 0 Å². The zero-order valence-electron chi connectivity index (χ0n) is 12.0. The van der Waals surface area contributed by atoms with Crippen LogP contribution in [0, 0.1) is 0 Å². The van der Waals surface area contributed by atoms with Crippen molar-refractivity contribution in [1.29, 1.82) is 0 Å². The summed E-state index contributed by atoms with van der Waals surface area (Å²) in [5.74, 6) is 0. The lowest BCUT2D eigenvalue weighted by molar-refractivity contribution is -0.123. The number of halogens is 1. The van der Waals surface area contributed by atoms with E-state index in [1.54, 1.807) is 0 Å². The van der Waals surface area contributed by atoms with E-state index in [0.717, 1.165) is 43.7 Å². The smallest absolute Gasteiger partial charge is 0.167 e. The summed E-state index contributed by atoms with van der Waals surface area (Å²) in [5, 5.41) is 4.12. The molecular weight excluding hydrogens is 288 g/mol. The molecule has 0 radical (unpaired) electrons. The minimum Gasteiger partial charge on any atom is -0.354 e. The number of hydrogen-bond acceptors (Lipinski definition) is 4. The fraction of sp³-hybridized carbons (Fsp3) is 0.562. The van der Waals surface area contributed by atoms with Crippen LogP contribution < -0.4 is 5.32 Å². The minimum atomic E-state index is -0.384. The summed E-state index contributed by atoms with van der Waals surface area (Å²) in [6, 6.07) is 8.64. The standard InChI is InChI=1S/C16H21ClN2O2/c17-13-3-1-12(2-4-13)9-15-11-21-16(10-20)19(15)14-5-7-18-8-6-14/h1-4,10,14-16,18H,5-9,11H2. The first kappa shape index (κ1) is 15.0. The third-order valence-electron chi connectivity index (χ3n) is 4.41. The van der Waals surface area contributed by atoms with Crippen LogP contribution >= 0.6 is 11.6 Å². The SMILES string of the molecule is O=CC1OCC(Cc2ccc(Cl)cc2)N1C1CCNCC1. The van der Waals surface area contributed by atoms with Crippen molar-refractivity contribution in [3.05, 3.63) is 34.9 Å². The zero-order valence-corrected chi connectivity index (χ0v) is 12.8. The van der Waals surface area contributed by atoms with Crippen LogP contribution in [0.1, 0.15) is 18.4 Å². The van der Waals surface area contributed by atoms with E-state index in [-0.39, 0.29) is 12.3 Å². The van der Waals surface area contributed by atoms with Gasteiger partial charge in [0.25, 0.3) is 0 Å². The van der Waals surface area contributed by atoms with E-state index in [9.17, 15) is 4.79 Å². The highest BCUT2D eigenvalue weighted by molar-refractivity contribution is 6.30. The Labute approximate surface area is 130 Å². The van der Waals surface area contributed by atoms with Crippen molar-refractivity contribution in [2.75, 3.05) is 19.7 Å². The van der Waals surface area contributed by atoms with Gasteiger partial charge in [-0.15, -0.1) is 0 Å². The minimum absolute atomic E-state index is 0.268. The largest absolute Gasteiger partial charge is 0.354 e. The molecule has 21 heavy (non-hydrogen) atoms. The highest BCUT2D eigenvalue weighted by Gasteiger charge is 2.39. The molecule has 0 amide bonds. The molecule has 1 aromatic carbocycles. The van der Waals surface area contributed by atoms with Gasteiger partial charge in [-0.25, -0.2) is 0 Å². The summed E-state index contributed by atoms with van der Waals surface area (Å²) < 4.78 is 5.69. The molecule has 0 bridgehead atoms. The number of carbonyl (C=O) groups is 1. The molecule has 0 aliphatic carbocycles. The van der Waals surface area contributed by atoms with Gasteiger partial charge in [0.2, 0.25) is 0 Å². The molecule has 2 saturated heterocycles. The highest BCUT2D eigenvalue weighted by atomic mass is 35.5. The number of aldehydes is 1. The molecule has 2 heterocycles. The van der Waals surface area contributed by atoms with Gasteiger partial charge in [-0.05, 0) is 50.0 Å². The Morgan fingerprint density at radius 2 is 2.00 bits per heavy atom. The molecule has 4 nitrogen and oxygen atoms in total. The quantitative estimate of drug-likeness (QED) is 0.862. The Bertz CT molecular complexity index is 474. The number of nitrogens with zero attached hydrogens (tertiary/aromatic N) is 1. The van der Waals surface area contributed by atoms with Crippen LogP contribution in [-0.2, 0) is 16.0 Å². The van der Waals surface area contributed by atoms with E-state index < -0.39 is 0 Å². The molecule has 0 spiro atoms. The van der Waals surface area contributed by atoms with Crippen molar-refractivity contribution < 1.29 is 9.53 Å². The van der Waals surface area contributed by atoms with E-state index in [0.29, 0.717) is 12.6 Å². The van der Waals surface area contributed by atoms with Gasteiger partial charge in [0.05, 0.1) is 6.61 Å². The molecular formula is C16H21ClN2O2. The van der Waals surface area contributed by atoms with Gasteiger partial charge in [-0.2, -0.15) is 0 Å². The van der Waals surface area contributed by atoms with Gasteiger partial charge in [-0.1, -0.05) is 23.7 Å². The highest BCUT2D eigenvalue weighted by Crippen LogP contribution is 2.26. The molecule has 2 aliphatic rings. The predicted octanol–water partition coefficient (Wildman–Crippen LogP) is 1.86. The van der Waals surface area contributed by atoms with Crippen LogP contribution in [0.15, 0.2) is 24.3 Å². The van der Waals surface area contributed by atoms with Gasteiger partial charge in [-0.3, -0.25) is 9.69 Å². The molecule has 3 rings (SSSR count). The van der Waals surface area contributed by atoms with Crippen molar-refractivity contribution in [3.8, 4) is 0 Å². The number of ether oxygens (including phenoxy) is 1. The number of carbonyl (C=O) groups excluding carboxylic acids is 1. The van der Waals surface area contributed by atoms with Crippen LogP contribution in [0.25, 0.3) is 0 Å². The molecule has 2 fully saturated rings. The molecule has 0 saturated carbocycles. The first-order valence-corrected chi connectivity index (χ1v) is 7.95. The lowest BCUT2D eigenvalue weighted by Gasteiger charge is -2.36. The second-order valence-electron chi connectivity index (χ2n) is 5.77. The Morgan fingerprint density at radius 1 is 1.29 bits per heavy atom. The van der Waals surface area contributed by atoms with E-state index in [1.165, 1.54) is 5.56 Å². The summed E-state index contributed by atoms with van der Waals surface area (Å²) in [6.07, 6.45) is 3.59.